The number of carbonyl (C=O) groups is 2. The minimum Gasteiger partial charge on any atom is -0.466 e. The third kappa shape index (κ3) is 5.67. The normalized spacial score (nSPS) is 10.2. The number of carbonyl (C=O) groups excluding carboxylic acids is 2. The summed E-state index contributed by atoms with van der Waals surface area (Å²) in [6.07, 6.45) is 3.71. The number of nitrogens with one attached hydrogen (secondary N) is 1. The van der Waals surface area contributed by atoms with E-state index in [1.807, 2.05) is 5.38 Å². The standard InChI is InChI=1S/C10H12N2O4S/c1-15-8(13)2-3-9(14)16-6-4-11-10-12-5-7-17-10/h2-3,5,7H,4,6H2,1H3,(H,11,12)/b3-2+. The van der Waals surface area contributed by atoms with Crippen LogP contribution in [0, 0.1) is 0 Å². The molecule has 0 aliphatic carbocycles. The number of methoxy groups -OCH3 is 1. The fourth-order valence-corrected chi connectivity index (χ4v) is 1.43. The van der Waals surface area contributed by atoms with Crippen LogP contribution in [0.2, 0.25) is 0 Å². The van der Waals surface area contributed by atoms with Gasteiger partial charge in [-0.15, -0.1) is 11.3 Å². The number of anilines is 1. The molecule has 0 bridgehead atoms. The molecule has 92 valence electrons. The summed E-state index contributed by atoms with van der Waals surface area (Å²) in [6.45, 7) is 0.662. The van der Waals surface area contributed by atoms with E-state index >= 15 is 0 Å². The lowest BCUT2D eigenvalue weighted by molar-refractivity contribution is -0.139. The molecule has 0 radical (unpaired) electrons. The summed E-state index contributed by atoms with van der Waals surface area (Å²) >= 11 is 1.46. The maximum atomic E-state index is 11.1. The van der Waals surface area contributed by atoms with Crippen LogP contribution in [0.15, 0.2) is 23.7 Å². The van der Waals surface area contributed by atoms with E-state index in [1.165, 1.54) is 18.4 Å². The van der Waals surface area contributed by atoms with E-state index in [9.17, 15) is 9.59 Å². The van der Waals surface area contributed by atoms with E-state index in [0.717, 1.165) is 17.3 Å². The van der Waals surface area contributed by atoms with Crippen LogP contribution in [0.5, 0.6) is 0 Å². The number of rotatable bonds is 6. The van der Waals surface area contributed by atoms with Crippen molar-refractivity contribution in [3.8, 4) is 0 Å². The topological polar surface area (TPSA) is 77.5 Å². The van der Waals surface area contributed by atoms with E-state index < -0.39 is 11.9 Å². The number of esters is 2. The van der Waals surface area contributed by atoms with Crippen LogP contribution in [-0.2, 0) is 19.1 Å². The fraction of sp³-hybridized carbons (Fsp3) is 0.300. The molecule has 17 heavy (non-hydrogen) atoms. The van der Waals surface area contributed by atoms with Gasteiger partial charge in [-0.25, -0.2) is 14.6 Å². The molecule has 0 aliphatic heterocycles. The van der Waals surface area contributed by atoms with Crippen molar-refractivity contribution in [1.29, 1.82) is 0 Å². The average Bonchev–Trinajstić information content (AvgIpc) is 2.84. The third-order valence-corrected chi connectivity index (χ3v) is 2.34. The van der Waals surface area contributed by atoms with Crippen LogP contribution in [-0.4, -0.2) is 37.2 Å². The van der Waals surface area contributed by atoms with Gasteiger partial charge >= 0.3 is 11.9 Å². The van der Waals surface area contributed by atoms with E-state index in [4.69, 9.17) is 4.74 Å². The highest BCUT2D eigenvalue weighted by Crippen LogP contribution is 2.08. The Hall–Kier alpha value is -1.89. The average molecular weight is 256 g/mol. The number of ether oxygens (including phenoxy) is 2. The number of nitrogens with zero attached hydrogens (tertiary/aromatic N) is 1. The lowest BCUT2D eigenvalue weighted by Gasteiger charge is -2.02. The Balaban J connectivity index is 2.12. The quantitative estimate of drug-likeness (QED) is 0.461. The molecule has 1 aromatic rings. The first-order valence-corrected chi connectivity index (χ1v) is 5.66. The predicted molar refractivity (Wildman–Crippen MR) is 62.7 cm³/mol. The van der Waals surface area contributed by atoms with Crippen molar-refractivity contribution in [1.82, 2.24) is 4.98 Å². The number of aromatic nitrogens is 1. The Labute approximate surface area is 102 Å². The van der Waals surface area contributed by atoms with E-state index in [1.54, 1.807) is 6.20 Å². The van der Waals surface area contributed by atoms with Gasteiger partial charge in [0.1, 0.15) is 6.61 Å². The van der Waals surface area contributed by atoms with Gasteiger partial charge in [-0.05, 0) is 0 Å². The van der Waals surface area contributed by atoms with Crippen LogP contribution >= 0.6 is 11.3 Å². The SMILES string of the molecule is COC(=O)/C=C/C(=O)OCCNc1nccs1. The Morgan fingerprint density at radius 1 is 1.47 bits per heavy atom. The lowest BCUT2D eigenvalue weighted by Crippen LogP contribution is -2.12. The second-order valence-corrected chi connectivity index (χ2v) is 3.68. The van der Waals surface area contributed by atoms with Gasteiger partial charge in [0.15, 0.2) is 5.13 Å². The molecular weight excluding hydrogens is 244 g/mol. The van der Waals surface area contributed by atoms with E-state index in [2.05, 4.69) is 15.0 Å². The highest BCUT2D eigenvalue weighted by molar-refractivity contribution is 7.13. The Morgan fingerprint density at radius 2 is 2.24 bits per heavy atom. The zero-order chi connectivity index (χ0) is 12.5. The predicted octanol–water partition coefficient (Wildman–Crippen LogP) is 0.827. The maximum absolute atomic E-state index is 11.1. The van der Waals surface area contributed by atoms with Gasteiger partial charge in [-0.2, -0.15) is 0 Å². The van der Waals surface area contributed by atoms with Gasteiger partial charge in [0.25, 0.3) is 0 Å². The van der Waals surface area contributed by atoms with Crippen LogP contribution < -0.4 is 5.32 Å². The Kier molecular flexibility index (Phi) is 5.73. The third-order valence-electron chi connectivity index (χ3n) is 1.61. The summed E-state index contributed by atoms with van der Waals surface area (Å²) in [4.78, 5) is 25.7. The molecule has 0 aliphatic rings. The van der Waals surface area contributed by atoms with Crippen molar-refractivity contribution in [3.63, 3.8) is 0 Å². The Bertz CT molecular complexity index is 389. The first-order valence-electron chi connectivity index (χ1n) is 4.78. The Morgan fingerprint density at radius 3 is 2.88 bits per heavy atom. The van der Waals surface area contributed by atoms with Crippen LogP contribution in [0.1, 0.15) is 0 Å². The monoisotopic (exact) mass is 256 g/mol. The second kappa shape index (κ2) is 7.39. The highest BCUT2D eigenvalue weighted by Gasteiger charge is 1.99. The molecule has 6 nitrogen and oxygen atoms in total. The summed E-state index contributed by atoms with van der Waals surface area (Å²) in [5.41, 5.74) is 0. The van der Waals surface area contributed by atoms with Crippen molar-refractivity contribution in [2.75, 3.05) is 25.6 Å². The van der Waals surface area contributed by atoms with Gasteiger partial charge in [0.2, 0.25) is 0 Å². The maximum Gasteiger partial charge on any atom is 0.331 e. The summed E-state index contributed by atoms with van der Waals surface area (Å²) in [6, 6.07) is 0. The summed E-state index contributed by atoms with van der Waals surface area (Å²) in [5.74, 6) is -1.18. The van der Waals surface area contributed by atoms with Crippen molar-refractivity contribution in [2.45, 2.75) is 0 Å². The molecule has 0 atom stereocenters. The number of hydrogen-bond donors (Lipinski definition) is 1. The molecule has 0 spiro atoms. The highest BCUT2D eigenvalue weighted by atomic mass is 32.1. The molecule has 7 heteroatoms. The molecule has 0 aromatic carbocycles. The zero-order valence-electron chi connectivity index (χ0n) is 9.21. The molecule has 1 heterocycles. The first kappa shape index (κ1) is 13.2. The molecule has 0 saturated carbocycles. The summed E-state index contributed by atoms with van der Waals surface area (Å²) in [5, 5.41) is 5.58. The molecule has 0 fully saturated rings. The molecule has 0 saturated heterocycles. The molecule has 1 N–H and O–H groups in total. The van der Waals surface area contributed by atoms with Gasteiger partial charge < -0.3 is 14.8 Å². The largest absolute Gasteiger partial charge is 0.466 e. The minimum atomic E-state index is -0.595. The van der Waals surface area contributed by atoms with Gasteiger partial charge in [0, 0.05) is 23.7 Å². The van der Waals surface area contributed by atoms with E-state index in [0.29, 0.717) is 6.54 Å². The van der Waals surface area contributed by atoms with Gasteiger partial charge in [0.05, 0.1) is 13.7 Å². The smallest absolute Gasteiger partial charge is 0.331 e. The number of hydrogen-bond acceptors (Lipinski definition) is 7. The minimum absolute atomic E-state index is 0.198. The fourth-order valence-electron chi connectivity index (χ4n) is 0.873. The van der Waals surface area contributed by atoms with Crippen LogP contribution in [0.4, 0.5) is 5.13 Å². The lowest BCUT2D eigenvalue weighted by atomic mass is 10.5. The molecule has 0 unspecified atom stereocenters. The second-order valence-electron chi connectivity index (χ2n) is 2.79. The first-order chi connectivity index (χ1) is 8.22. The zero-order valence-corrected chi connectivity index (χ0v) is 10.0. The van der Waals surface area contributed by atoms with E-state index in [-0.39, 0.29) is 6.61 Å². The summed E-state index contributed by atoms with van der Waals surface area (Å²) < 4.78 is 9.14. The van der Waals surface area contributed by atoms with Gasteiger partial charge in [-0.1, -0.05) is 0 Å². The van der Waals surface area contributed by atoms with Crippen molar-refractivity contribution < 1.29 is 19.1 Å². The van der Waals surface area contributed by atoms with Crippen molar-refractivity contribution in [3.05, 3.63) is 23.7 Å². The molecule has 1 rings (SSSR count). The molecule has 0 amide bonds. The number of thiazole rings is 1. The summed E-state index contributed by atoms with van der Waals surface area (Å²) in [7, 11) is 1.23. The molecule has 1 aromatic heterocycles. The van der Waals surface area contributed by atoms with Crippen LogP contribution in [0.25, 0.3) is 0 Å². The molecular formula is C10H12N2O4S. The van der Waals surface area contributed by atoms with Crippen molar-refractivity contribution >= 4 is 28.4 Å². The van der Waals surface area contributed by atoms with Crippen molar-refractivity contribution in [2.24, 2.45) is 0 Å². The van der Waals surface area contributed by atoms with Crippen LogP contribution in [0.3, 0.4) is 0 Å². The van der Waals surface area contributed by atoms with Gasteiger partial charge in [-0.3, -0.25) is 0 Å².